The maximum absolute atomic E-state index is 12.3. The average Bonchev–Trinajstić information content (AvgIpc) is 2.86. The molecule has 8 heteroatoms. The lowest BCUT2D eigenvalue weighted by Gasteiger charge is -2.12. The van der Waals surface area contributed by atoms with E-state index in [4.69, 9.17) is 4.74 Å². The summed E-state index contributed by atoms with van der Waals surface area (Å²) in [6.45, 7) is 11.0. The molecule has 1 atom stereocenters. The number of thioether (sulfide) groups is 1. The van der Waals surface area contributed by atoms with E-state index in [-0.39, 0.29) is 22.8 Å². The molecule has 0 spiro atoms. The van der Waals surface area contributed by atoms with Gasteiger partial charge in [0.2, 0.25) is 5.91 Å². The van der Waals surface area contributed by atoms with Crippen molar-refractivity contribution in [1.29, 1.82) is 0 Å². The Balaban J connectivity index is 1.85. The van der Waals surface area contributed by atoms with E-state index >= 15 is 0 Å². The van der Waals surface area contributed by atoms with Gasteiger partial charge in [0, 0.05) is 18.0 Å². The zero-order valence-electron chi connectivity index (χ0n) is 16.0. The molecule has 2 N–H and O–H groups in total. The lowest BCUT2D eigenvalue weighted by molar-refractivity contribution is -0.120. The summed E-state index contributed by atoms with van der Waals surface area (Å²) in [5, 5.41) is 3.38. The standard InChI is InChI=1S/C18H27N3O3S2/c1-10(2)24-8-6-7-19-16(22)13(5)25-9-14-20-17(23)15-11(3)12(4)26-18(15)21-14/h10,13H,6-9H2,1-5H3,(H,19,22)(H,20,21,23)/t13-/m1/s1. The fourth-order valence-corrected chi connectivity index (χ4v) is 4.22. The molecule has 26 heavy (non-hydrogen) atoms. The zero-order valence-corrected chi connectivity index (χ0v) is 17.6. The van der Waals surface area contributed by atoms with Gasteiger partial charge in [-0.25, -0.2) is 4.98 Å². The van der Waals surface area contributed by atoms with Crippen molar-refractivity contribution in [1.82, 2.24) is 15.3 Å². The molecule has 0 saturated carbocycles. The molecule has 144 valence electrons. The van der Waals surface area contributed by atoms with Gasteiger partial charge in [-0.3, -0.25) is 9.59 Å². The molecular formula is C18H27N3O3S2. The molecule has 0 saturated heterocycles. The number of fused-ring (bicyclic) bond motifs is 1. The molecule has 2 heterocycles. The Hall–Kier alpha value is -1.38. The number of carbonyl (C=O) groups excluding carboxylic acids is 1. The van der Waals surface area contributed by atoms with Crippen molar-refractivity contribution in [3.63, 3.8) is 0 Å². The number of rotatable bonds is 9. The molecule has 0 aliphatic heterocycles. The lowest BCUT2D eigenvalue weighted by atomic mass is 10.2. The van der Waals surface area contributed by atoms with Crippen LogP contribution >= 0.6 is 23.1 Å². The number of H-pyrrole nitrogens is 1. The van der Waals surface area contributed by atoms with Crippen LogP contribution in [0.25, 0.3) is 10.2 Å². The van der Waals surface area contributed by atoms with Gasteiger partial charge in [-0.1, -0.05) is 0 Å². The van der Waals surface area contributed by atoms with E-state index in [9.17, 15) is 9.59 Å². The molecule has 2 aromatic heterocycles. The minimum absolute atomic E-state index is 0.00853. The molecule has 0 fully saturated rings. The van der Waals surface area contributed by atoms with Crippen LogP contribution in [0.2, 0.25) is 0 Å². The Bertz CT molecular complexity index is 814. The summed E-state index contributed by atoms with van der Waals surface area (Å²) in [4.78, 5) is 33.7. The van der Waals surface area contributed by atoms with Crippen LogP contribution in [0.15, 0.2) is 4.79 Å². The van der Waals surface area contributed by atoms with E-state index in [1.165, 1.54) is 23.1 Å². The minimum atomic E-state index is -0.214. The molecule has 0 aliphatic rings. The van der Waals surface area contributed by atoms with Crippen LogP contribution in [0, 0.1) is 13.8 Å². The summed E-state index contributed by atoms with van der Waals surface area (Å²) >= 11 is 3.00. The van der Waals surface area contributed by atoms with E-state index in [2.05, 4.69) is 15.3 Å². The zero-order chi connectivity index (χ0) is 19.3. The Morgan fingerprint density at radius 3 is 2.77 bits per heavy atom. The number of nitrogens with one attached hydrogen (secondary N) is 2. The number of ether oxygens (including phenoxy) is 1. The first kappa shape index (κ1) is 20.9. The van der Waals surface area contributed by atoms with Gasteiger partial charge in [0.25, 0.3) is 5.56 Å². The van der Waals surface area contributed by atoms with E-state index in [0.29, 0.717) is 30.1 Å². The Morgan fingerprint density at radius 2 is 2.08 bits per heavy atom. The van der Waals surface area contributed by atoms with Gasteiger partial charge in [0.1, 0.15) is 10.7 Å². The lowest BCUT2D eigenvalue weighted by Crippen LogP contribution is -2.32. The second-order valence-electron chi connectivity index (χ2n) is 6.49. The normalized spacial score (nSPS) is 12.7. The number of aromatic amines is 1. The van der Waals surface area contributed by atoms with Crippen LogP contribution in [0.1, 0.15) is 43.5 Å². The molecule has 0 unspecified atom stereocenters. The number of aryl methyl sites for hydroxylation is 2. The van der Waals surface area contributed by atoms with Crippen molar-refractivity contribution in [3.05, 3.63) is 26.6 Å². The predicted octanol–water partition coefficient (Wildman–Crippen LogP) is 3.15. The fourth-order valence-electron chi connectivity index (χ4n) is 2.39. The van der Waals surface area contributed by atoms with Crippen LogP contribution in [-0.2, 0) is 15.3 Å². The first-order valence-electron chi connectivity index (χ1n) is 8.79. The van der Waals surface area contributed by atoms with Gasteiger partial charge in [-0.15, -0.1) is 23.1 Å². The molecular weight excluding hydrogens is 370 g/mol. The highest BCUT2D eigenvalue weighted by atomic mass is 32.2. The summed E-state index contributed by atoms with van der Waals surface area (Å²) in [5.74, 6) is 1.09. The molecule has 2 aromatic rings. The minimum Gasteiger partial charge on any atom is -0.379 e. The number of carbonyl (C=O) groups is 1. The highest BCUT2D eigenvalue weighted by Crippen LogP contribution is 2.26. The molecule has 0 aliphatic carbocycles. The van der Waals surface area contributed by atoms with E-state index in [1.54, 1.807) is 0 Å². The highest BCUT2D eigenvalue weighted by molar-refractivity contribution is 7.99. The Kier molecular flexibility index (Phi) is 7.67. The first-order chi connectivity index (χ1) is 12.3. The number of hydrogen-bond donors (Lipinski definition) is 2. The third-order valence-corrected chi connectivity index (χ3v) is 6.25. The van der Waals surface area contributed by atoms with Crippen molar-refractivity contribution >= 4 is 39.2 Å². The average molecular weight is 398 g/mol. The monoisotopic (exact) mass is 397 g/mol. The topological polar surface area (TPSA) is 84.1 Å². The van der Waals surface area contributed by atoms with Gasteiger partial charge in [-0.05, 0) is 46.6 Å². The molecule has 0 bridgehead atoms. The van der Waals surface area contributed by atoms with Crippen molar-refractivity contribution in [2.24, 2.45) is 0 Å². The van der Waals surface area contributed by atoms with Crippen molar-refractivity contribution in [3.8, 4) is 0 Å². The molecule has 0 aromatic carbocycles. The molecule has 2 rings (SSSR count). The SMILES string of the molecule is Cc1sc2nc(CS[C@H](C)C(=O)NCCCOC(C)C)[nH]c(=O)c2c1C. The first-order valence-corrected chi connectivity index (χ1v) is 10.7. The van der Waals surface area contributed by atoms with Gasteiger partial charge in [0.15, 0.2) is 0 Å². The quantitative estimate of drug-likeness (QED) is 0.635. The number of nitrogens with zero attached hydrogens (tertiary/aromatic N) is 1. The molecule has 0 radical (unpaired) electrons. The third kappa shape index (κ3) is 5.56. The van der Waals surface area contributed by atoms with Crippen molar-refractivity contribution in [2.45, 2.75) is 58.1 Å². The number of thiophene rings is 1. The smallest absolute Gasteiger partial charge is 0.259 e. The van der Waals surface area contributed by atoms with Gasteiger partial charge in [-0.2, -0.15) is 0 Å². The van der Waals surface area contributed by atoms with Crippen LogP contribution in [0.3, 0.4) is 0 Å². The van der Waals surface area contributed by atoms with Crippen LogP contribution < -0.4 is 10.9 Å². The van der Waals surface area contributed by atoms with Crippen molar-refractivity contribution in [2.75, 3.05) is 13.2 Å². The summed E-state index contributed by atoms with van der Waals surface area (Å²) < 4.78 is 5.45. The summed E-state index contributed by atoms with van der Waals surface area (Å²) in [5.41, 5.74) is 0.891. The number of amides is 1. The Labute approximate surface area is 162 Å². The molecule has 1 amide bonds. The van der Waals surface area contributed by atoms with Crippen LogP contribution in [-0.4, -0.2) is 40.4 Å². The van der Waals surface area contributed by atoms with Crippen molar-refractivity contribution < 1.29 is 9.53 Å². The van der Waals surface area contributed by atoms with Gasteiger partial charge in [0.05, 0.1) is 22.5 Å². The second-order valence-corrected chi connectivity index (χ2v) is 9.03. The van der Waals surface area contributed by atoms with E-state index < -0.39 is 0 Å². The summed E-state index contributed by atoms with van der Waals surface area (Å²) in [6, 6.07) is 0. The number of hydrogen-bond acceptors (Lipinski definition) is 6. The summed E-state index contributed by atoms with van der Waals surface area (Å²) in [7, 11) is 0. The molecule has 6 nitrogen and oxygen atoms in total. The highest BCUT2D eigenvalue weighted by Gasteiger charge is 2.15. The van der Waals surface area contributed by atoms with Crippen LogP contribution in [0.5, 0.6) is 0 Å². The fraction of sp³-hybridized carbons (Fsp3) is 0.611. The maximum atomic E-state index is 12.3. The van der Waals surface area contributed by atoms with E-state index in [0.717, 1.165) is 21.7 Å². The Morgan fingerprint density at radius 1 is 1.35 bits per heavy atom. The van der Waals surface area contributed by atoms with Crippen LogP contribution in [0.4, 0.5) is 0 Å². The van der Waals surface area contributed by atoms with E-state index in [1.807, 2.05) is 34.6 Å². The second kappa shape index (κ2) is 9.53. The third-order valence-electron chi connectivity index (χ3n) is 4.00. The largest absolute Gasteiger partial charge is 0.379 e. The predicted molar refractivity (Wildman–Crippen MR) is 109 cm³/mol. The maximum Gasteiger partial charge on any atom is 0.259 e. The summed E-state index contributed by atoms with van der Waals surface area (Å²) in [6.07, 6.45) is 1.01. The van der Waals surface area contributed by atoms with Gasteiger partial charge < -0.3 is 15.0 Å². The van der Waals surface area contributed by atoms with Gasteiger partial charge >= 0.3 is 0 Å². The number of aromatic nitrogens is 2.